The summed E-state index contributed by atoms with van der Waals surface area (Å²) in [6.45, 7) is -0.122. The van der Waals surface area contributed by atoms with Crippen LogP contribution in [0.2, 0.25) is 10.0 Å². The van der Waals surface area contributed by atoms with E-state index in [4.69, 9.17) is 23.2 Å². The molecule has 0 unspecified atom stereocenters. The van der Waals surface area contributed by atoms with Gasteiger partial charge in [0.2, 0.25) is 10.0 Å². The van der Waals surface area contributed by atoms with Gasteiger partial charge in [-0.15, -0.1) is 13.2 Å². The van der Waals surface area contributed by atoms with Crippen LogP contribution in [-0.4, -0.2) is 14.8 Å². The first-order valence-electron chi connectivity index (χ1n) is 6.37. The Labute approximate surface area is 146 Å². The lowest BCUT2D eigenvalue weighted by Gasteiger charge is -2.11. The molecule has 24 heavy (non-hydrogen) atoms. The van der Waals surface area contributed by atoms with Gasteiger partial charge in [-0.3, -0.25) is 0 Å². The van der Waals surface area contributed by atoms with Crippen LogP contribution >= 0.6 is 23.2 Å². The largest absolute Gasteiger partial charge is 0.573 e. The fourth-order valence-corrected chi connectivity index (χ4v) is 3.16. The highest BCUT2D eigenvalue weighted by atomic mass is 35.5. The molecule has 10 heteroatoms. The monoisotopic (exact) mass is 399 g/mol. The lowest BCUT2D eigenvalue weighted by atomic mass is 10.2. The third kappa shape index (κ3) is 5.01. The molecule has 2 aromatic rings. The number of ether oxygens (including phenoxy) is 1. The van der Waals surface area contributed by atoms with Gasteiger partial charge in [-0.05, 0) is 35.9 Å². The number of hydrogen-bond acceptors (Lipinski definition) is 3. The van der Waals surface area contributed by atoms with Crippen LogP contribution in [0.25, 0.3) is 0 Å². The van der Waals surface area contributed by atoms with E-state index in [0.29, 0.717) is 5.56 Å². The van der Waals surface area contributed by atoms with E-state index in [1.807, 2.05) is 0 Å². The Morgan fingerprint density at radius 1 is 1.04 bits per heavy atom. The standard InChI is InChI=1S/C14H10Cl2F3NO3S/c15-12-3-1-2-9(13(12)16)8-20-24(21,22)11-6-4-10(5-7-11)23-14(17,18)19/h1-7,20H,8H2. The fourth-order valence-electron chi connectivity index (χ4n) is 1.76. The molecule has 130 valence electrons. The van der Waals surface area contributed by atoms with E-state index in [2.05, 4.69) is 9.46 Å². The van der Waals surface area contributed by atoms with E-state index in [-0.39, 0.29) is 21.5 Å². The number of nitrogens with one attached hydrogen (secondary N) is 1. The molecule has 0 amide bonds. The van der Waals surface area contributed by atoms with Gasteiger partial charge in [-0.1, -0.05) is 35.3 Å². The summed E-state index contributed by atoms with van der Waals surface area (Å²) in [7, 11) is -3.94. The molecule has 0 radical (unpaired) electrons. The van der Waals surface area contributed by atoms with Crippen molar-refractivity contribution in [1.82, 2.24) is 4.72 Å². The minimum atomic E-state index is -4.85. The van der Waals surface area contributed by atoms with Crippen molar-refractivity contribution in [3.05, 3.63) is 58.1 Å². The molecular weight excluding hydrogens is 390 g/mol. The summed E-state index contributed by atoms with van der Waals surface area (Å²) < 4.78 is 66.5. The Morgan fingerprint density at radius 2 is 1.67 bits per heavy atom. The quantitative estimate of drug-likeness (QED) is 0.811. The van der Waals surface area contributed by atoms with Crippen molar-refractivity contribution < 1.29 is 26.3 Å². The second-order valence-electron chi connectivity index (χ2n) is 4.56. The third-order valence-electron chi connectivity index (χ3n) is 2.85. The first kappa shape index (κ1) is 18.9. The van der Waals surface area contributed by atoms with E-state index in [1.54, 1.807) is 18.2 Å². The molecule has 1 N–H and O–H groups in total. The van der Waals surface area contributed by atoms with Crippen LogP contribution in [0, 0.1) is 0 Å². The van der Waals surface area contributed by atoms with E-state index in [0.717, 1.165) is 24.3 Å². The SMILES string of the molecule is O=S(=O)(NCc1cccc(Cl)c1Cl)c1ccc(OC(F)(F)F)cc1. The van der Waals surface area contributed by atoms with Gasteiger partial charge in [0.25, 0.3) is 0 Å². The number of halogens is 5. The molecule has 0 aromatic heterocycles. The molecule has 0 bridgehead atoms. The van der Waals surface area contributed by atoms with Crippen molar-refractivity contribution in [3.63, 3.8) is 0 Å². The average Bonchev–Trinajstić information content (AvgIpc) is 2.48. The van der Waals surface area contributed by atoms with Crippen molar-refractivity contribution >= 4 is 33.2 Å². The van der Waals surface area contributed by atoms with E-state index >= 15 is 0 Å². The molecule has 0 saturated carbocycles. The molecule has 0 saturated heterocycles. The maximum atomic E-state index is 12.1. The maximum absolute atomic E-state index is 12.1. The molecule has 0 atom stereocenters. The fraction of sp³-hybridized carbons (Fsp3) is 0.143. The minimum Gasteiger partial charge on any atom is -0.406 e. The van der Waals surface area contributed by atoms with Crippen LogP contribution in [0.4, 0.5) is 13.2 Å². The number of alkyl halides is 3. The zero-order chi connectivity index (χ0) is 18.0. The van der Waals surface area contributed by atoms with Crippen molar-refractivity contribution in [3.8, 4) is 5.75 Å². The van der Waals surface area contributed by atoms with Crippen molar-refractivity contribution in [2.75, 3.05) is 0 Å². The van der Waals surface area contributed by atoms with Crippen LogP contribution in [0.15, 0.2) is 47.4 Å². The van der Waals surface area contributed by atoms with Crippen molar-refractivity contribution in [1.29, 1.82) is 0 Å². The average molecular weight is 400 g/mol. The summed E-state index contributed by atoms with van der Waals surface area (Å²) in [6.07, 6.45) is -4.85. The zero-order valence-electron chi connectivity index (χ0n) is 11.8. The van der Waals surface area contributed by atoms with E-state index in [9.17, 15) is 21.6 Å². The second-order valence-corrected chi connectivity index (χ2v) is 7.11. The predicted octanol–water partition coefficient (Wildman–Crippen LogP) is 4.37. The molecule has 0 aliphatic heterocycles. The summed E-state index contributed by atoms with van der Waals surface area (Å²) in [6, 6.07) is 8.59. The normalized spacial score (nSPS) is 12.2. The van der Waals surface area contributed by atoms with Crippen molar-refractivity contribution in [2.45, 2.75) is 17.8 Å². The Kier molecular flexibility index (Phi) is 5.64. The van der Waals surface area contributed by atoms with Gasteiger partial charge in [0, 0.05) is 6.54 Å². The lowest BCUT2D eigenvalue weighted by Crippen LogP contribution is -2.23. The Hall–Kier alpha value is -1.48. The van der Waals surface area contributed by atoms with Gasteiger partial charge in [0.15, 0.2) is 0 Å². The third-order valence-corrected chi connectivity index (χ3v) is 5.13. The molecule has 0 spiro atoms. The summed E-state index contributed by atoms with van der Waals surface area (Å²) in [5.41, 5.74) is 0.463. The van der Waals surface area contributed by atoms with Crippen LogP contribution in [-0.2, 0) is 16.6 Å². The summed E-state index contributed by atoms with van der Waals surface area (Å²) >= 11 is 11.8. The van der Waals surface area contributed by atoms with Gasteiger partial charge in [-0.2, -0.15) is 0 Å². The highest BCUT2D eigenvalue weighted by Crippen LogP contribution is 2.26. The van der Waals surface area contributed by atoms with Gasteiger partial charge >= 0.3 is 6.36 Å². The Morgan fingerprint density at radius 3 is 2.25 bits per heavy atom. The predicted molar refractivity (Wildman–Crippen MR) is 83.6 cm³/mol. The van der Waals surface area contributed by atoms with Gasteiger partial charge in [0.1, 0.15) is 5.75 Å². The lowest BCUT2D eigenvalue weighted by molar-refractivity contribution is -0.274. The highest BCUT2D eigenvalue weighted by Gasteiger charge is 2.31. The maximum Gasteiger partial charge on any atom is 0.573 e. The number of sulfonamides is 1. The first-order chi connectivity index (χ1) is 11.1. The van der Waals surface area contributed by atoms with Crippen LogP contribution in [0.1, 0.15) is 5.56 Å². The molecule has 2 rings (SSSR count). The topological polar surface area (TPSA) is 55.4 Å². The molecule has 0 aliphatic rings. The summed E-state index contributed by atoms with van der Waals surface area (Å²) in [5, 5.41) is 0.498. The molecule has 2 aromatic carbocycles. The zero-order valence-corrected chi connectivity index (χ0v) is 14.1. The Bertz CT molecular complexity index is 824. The van der Waals surface area contributed by atoms with Gasteiger partial charge in [0.05, 0.1) is 14.9 Å². The number of rotatable bonds is 5. The number of benzene rings is 2. The Balaban J connectivity index is 2.11. The summed E-state index contributed by atoms with van der Waals surface area (Å²) in [5.74, 6) is -0.515. The molecule has 4 nitrogen and oxygen atoms in total. The summed E-state index contributed by atoms with van der Waals surface area (Å²) in [4.78, 5) is -0.213. The molecule has 0 fully saturated rings. The molecule has 0 heterocycles. The minimum absolute atomic E-state index is 0.122. The first-order valence-corrected chi connectivity index (χ1v) is 8.61. The van der Waals surface area contributed by atoms with Crippen LogP contribution in [0.5, 0.6) is 5.75 Å². The van der Waals surface area contributed by atoms with Crippen LogP contribution in [0.3, 0.4) is 0 Å². The number of hydrogen-bond donors (Lipinski definition) is 1. The molecular formula is C14H10Cl2F3NO3S. The second kappa shape index (κ2) is 7.18. The smallest absolute Gasteiger partial charge is 0.406 e. The van der Waals surface area contributed by atoms with E-state index in [1.165, 1.54) is 0 Å². The van der Waals surface area contributed by atoms with Gasteiger partial charge in [-0.25, -0.2) is 13.1 Å². The van der Waals surface area contributed by atoms with Crippen LogP contribution < -0.4 is 9.46 Å². The van der Waals surface area contributed by atoms with Crippen molar-refractivity contribution in [2.24, 2.45) is 0 Å². The van der Waals surface area contributed by atoms with E-state index < -0.39 is 22.1 Å². The molecule has 0 aliphatic carbocycles. The highest BCUT2D eigenvalue weighted by molar-refractivity contribution is 7.89. The van der Waals surface area contributed by atoms with Gasteiger partial charge < -0.3 is 4.74 Å².